The Morgan fingerprint density at radius 1 is 1.39 bits per heavy atom. The number of hydrogen-bond donors (Lipinski definition) is 0. The van der Waals surface area contributed by atoms with E-state index in [1.165, 1.54) is 12.5 Å². The minimum Gasteiger partial charge on any atom is -0.496 e. The van der Waals surface area contributed by atoms with Gasteiger partial charge in [0.15, 0.2) is 5.78 Å². The first-order valence-corrected chi connectivity index (χ1v) is 5.70. The van der Waals surface area contributed by atoms with Crippen LogP contribution < -0.4 is 4.74 Å². The Morgan fingerprint density at radius 3 is 2.89 bits per heavy atom. The van der Waals surface area contributed by atoms with Crippen molar-refractivity contribution in [1.29, 1.82) is 0 Å². The molecule has 92 valence electrons. The molecule has 0 unspecified atom stereocenters. The first kappa shape index (κ1) is 12.5. The van der Waals surface area contributed by atoms with Gasteiger partial charge in [0.2, 0.25) is 0 Å². The molecule has 0 amide bonds. The molecule has 2 rings (SSSR count). The van der Waals surface area contributed by atoms with Gasteiger partial charge >= 0.3 is 0 Å². The van der Waals surface area contributed by atoms with E-state index < -0.39 is 0 Å². The SMILES string of the molecule is COc1ccc(Cl)cc1CC(=O)c1ccncn1. The van der Waals surface area contributed by atoms with Crippen molar-refractivity contribution >= 4 is 17.4 Å². The van der Waals surface area contributed by atoms with E-state index in [1.54, 1.807) is 31.4 Å². The van der Waals surface area contributed by atoms with Crippen molar-refractivity contribution in [2.24, 2.45) is 0 Å². The van der Waals surface area contributed by atoms with Gasteiger partial charge in [0.05, 0.1) is 7.11 Å². The van der Waals surface area contributed by atoms with Gasteiger partial charge in [0, 0.05) is 23.2 Å². The zero-order chi connectivity index (χ0) is 13.0. The first-order chi connectivity index (χ1) is 8.70. The van der Waals surface area contributed by atoms with E-state index in [0.717, 1.165) is 5.56 Å². The third kappa shape index (κ3) is 2.84. The van der Waals surface area contributed by atoms with Crippen molar-refractivity contribution in [1.82, 2.24) is 9.97 Å². The summed E-state index contributed by atoms with van der Waals surface area (Å²) in [4.78, 5) is 19.7. The van der Waals surface area contributed by atoms with Crippen LogP contribution in [-0.4, -0.2) is 22.9 Å². The molecule has 0 aliphatic heterocycles. The Hall–Kier alpha value is -1.94. The third-order valence-corrected chi connectivity index (χ3v) is 2.70. The van der Waals surface area contributed by atoms with Crippen molar-refractivity contribution in [3.05, 3.63) is 53.1 Å². The summed E-state index contributed by atoms with van der Waals surface area (Å²) in [5, 5.41) is 0.571. The predicted octanol–water partition coefficient (Wildman–Crippen LogP) is 2.56. The van der Waals surface area contributed by atoms with Crippen LogP contribution >= 0.6 is 11.6 Å². The third-order valence-electron chi connectivity index (χ3n) is 2.46. The number of ether oxygens (including phenoxy) is 1. The number of ketones is 1. The van der Waals surface area contributed by atoms with Gasteiger partial charge in [0.25, 0.3) is 0 Å². The molecule has 4 nitrogen and oxygen atoms in total. The highest BCUT2D eigenvalue weighted by molar-refractivity contribution is 6.30. The Morgan fingerprint density at radius 2 is 2.22 bits per heavy atom. The van der Waals surface area contributed by atoms with Crippen LogP contribution in [0.4, 0.5) is 0 Å². The van der Waals surface area contributed by atoms with E-state index in [9.17, 15) is 4.79 Å². The summed E-state index contributed by atoms with van der Waals surface area (Å²) in [6.07, 6.45) is 3.08. The van der Waals surface area contributed by atoms with Gasteiger partial charge in [-0.25, -0.2) is 9.97 Å². The van der Waals surface area contributed by atoms with Crippen LogP contribution in [0.15, 0.2) is 36.8 Å². The van der Waals surface area contributed by atoms with Crippen molar-refractivity contribution in [3.63, 3.8) is 0 Å². The topological polar surface area (TPSA) is 52.1 Å². The Bertz CT molecular complexity index is 558. The van der Waals surface area contributed by atoms with Gasteiger partial charge in [-0.2, -0.15) is 0 Å². The van der Waals surface area contributed by atoms with E-state index in [4.69, 9.17) is 16.3 Å². The fraction of sp³-hybridized carbons (Fsp3) is 0.154. The molecule has 0 saturated carbocycles. The quantitative estimate of drug-likeness (QED) is 0.795. The van der Waals surface area contributed by atoms with Crippen molar-refractivity contribution in [3.8, 4) is 5.75 Å². The van der Waals surface area contributed by atoms with E-state index in [2.05, 4.69) is 9.97 Å². The molecule has 0 spiro atoms. The van der Waals surface area contributed by atoms with Crippen LogP contribution in [0.5, 0.6) is 5.75 Å². The van der Waals surface area contributed by atoms with Crippen LogP contribution in [0.3, 0.4) is 0 Å². The van der Waals surface area contributed by atoms with Crippen molar-refractivity contribution in [2.45, 2.75) is 6.42 Å². The lowest BCUT2D eigenvalue weighted by molar-refractivity contribution is 0.0987. The molecule has 1 heterocycles. The highest BCUT2D eigenvalue weighted by atomic mass is 35.5. The van der Waals surface area contributed by atoms with Crippen LogP contribution in [0.2, 0.25) is 5.02 Å². The smallest absolute Gasteiger partial charge is 0.185 e. The van der Waals surface area contributed by atoms with Gasteiger partial charge < -0.3 is 4.74 Å². The number of carbonyl (C=O) groups excluding carboxylic acids is 1. The number of aromatic nitrogens is 2. The maximum absolute atomic E-state index is 12.0. The summed E-state index contributed by atoms with van der Waals surface area (Å²) in [6, 6.07) is 6.77. The van der Waals surface area contributed by atoms with Crippen molar-refractivity contribution < 1.29 is 9.53 Å². The predicted molar refractivity (Wildman–Crippen MR) is 68.1 cm³/mol. The van der Waals surface area contributed by atoms with Gasteiger partial charge in [-0.15, -0.1) is 0 Å². The lowest BCUT2D eigenvalue weighted by Crippen LogP contribution is -2.07. The van der Waals surface area contributed by atoms with Crippen LogP contribution in [-0.2, 0) is 6.42 Å². The first-order valence-electron chi connectivity index (χ1n) is 5.32. The molecule has 0 N–H and O–H groups in total. The summed E-state index contributed by atoms with van der Waals surface area (Å²) in [5.41, 5.74) is 1.13. The fourth-order valence-electron chi connectivity index (χ4n) is 1.60. The minimum absolute atomic E-state index is 0.0991. The zero-order valence-electron chi connectivity index (χ0n) is 9.76. The van der Waals surface area contributed by atoms with Crippen LogP contribution in [0, 0.1) is 0 Å². The molecule has 0 radical (unpaired) electrons. The average Bonchev–Trinajstić information content (AvgIpc) is 2.40. The highest BCUT2D eigenvalue weighted by Crippen LogP contribution is 2.23. The van der Waals surface area contributed by atoms with E-state index in [1.807, 2.05) is 0 Å². The standard InChI is InChI=1S/C13H11ClN2O2/c1-18-13-3-2-10(14)6-9(13)7-12(17)11-4-5-15-8-16-11/h2-6,8H,7H2,1H3. The van der Waals surface area contributed by atoms with Gasteiger partial charge in [0.1, 0.15) is 17.8 Å². The Kier molecular flexibility index (Phi) is 3.89. The summed E-state index contributed by atoms with van der Waals surface area (Å²) in [7, 11) is 1.56. The summed E-state index contributed by atoms with van der Waals surface area (Å²) in [5.74, 6) is 0.541. The number of carbonyl (C=O) groups is 1. The summed E-state index contributed by atoms with van der Waals surface area (Å²) < 4.78 is 5.19. The monoisotopic (exact) mass is 262 g/mol. The molecule has 1 aromatic heterocycles. The molecule has 1 aromatic carbocycles. The average molecular weight is 263 g/mol. The number of nitrogens with zero attached hydrogens (tertiary/aromatic N) is 2. The van der Waals surface area contributed by atoms with Gasteiger partial charge in [-0.05, 0) is 24.3 Å². The van der Waals surface area contributed by atoms with Crippen LogP contribution in [0.1, 0.15) is 16.1 Å². The van der Waals surface area contributed by atoms with Crippen LogP contribution in [0.25, 0.3) is 0 Å². The molecule has 0 saturated heterocycles. The molecule has 0 aliphatic rings. The van der Waals surface area contributed by atoms with Gasteiger partial charge in [-0.3, -0.25) is 4.79 Å². The molecule has 5 heteroatoms. The Balaban J connectivity index is 2.24. The molecular formula is C13H11ClN2O2. The van der Waals surface area contributed by atoms with E-state index in [0.29, 0.717) is 16.5 Å². The maximum Gasteiger partial charge on any atom is 0.185 e. The minimum atomic E-state index is -0.0991. The number of halogens is 1. The molecule has 2 aromatic rings. The fourth-order valence-corrected chi connectivity index (χ4v) is 1.80. The summed E-state index contributed by atoms with van der Waals surface area (Å²) >= 11 is 5.91. The van der Waals surface area contributed by atoms with Crippen molar-refractivity contribution in [2.75, 3.05) is 7.11 Å². The molecule has 0 fully saturated rings. The second-order valence-electron chi connectivity index (χ2n) is 3.65. The second-order valence-corrected chi connectivity index (χ2v) is 4.09. The normalized spacial score (nSPS) is 10.1. The van der Waals surface area contributed by atoms with Gasteiger partial charge in [-0.1, -0.05) is 11.6 Å². The molecule has 0 atom stereocenters. The molecule has 18 heavy (non-hydrogen) atoms. The van der Waals surface area contributed by atoms with E-state index in [-0.39, 0.29) is 12.2 Å². The molecule has 0 bridgehead atoms. The zero-order valence-corrected chi connectivity index (χ0v) is 10.5. The molecular weight excluding hydrogens is 252 g/mol. The number of methoxy groups -OCH3 is 1. The largest absolute Gasteiger partial charge is 0.496 e. The highest BCUT2D eigenvalue weighted by Gasteiger charge is 2.12. The second kappa shape index (κ2) is 5.60. The lowest BCUT2D eigenvalue weighted by atomic mass is 10.1. The maximum atomic E-state index is 12.0. The number of benzene rings is 1. The number of Topliss-reactive ketones (excluding diaryl/α,β-unsaturated/α-hetero) is 1. The Labute approximate surface area is 110 Å². The summed E-state index contributed by atoms with van der Waals surface area (Å²) in [6.45, 7) is 0. The lowest BCUT2D eigenvalue weighted by Gasteiger charge is -2.07. The number of rotatable bonds is 4. The van der Waals surface area contributed by atoms with E-state index >= 15 is 0 Å². The molecule has 0 aliphatic carbocycles. The number of hydrogen-bond acceptors (Lipinski definition) is 4.